The molecule has 10 heteroatoms. The van der Waals surface area contributed by atoms with Crippen LogP contribution in [0.2, 0.25) is 5.02 Å². The number of isothiocyanates is 1. The topological polar surface area (TPSA) is 58.5 Å². The molecule has 1 aliphatic heterocycles. The van der Waals surface area contributed by atoms with Crippen molar-refractivity contribution in [3.8, 4) is 11.1 Å². The number of alkyl halides is 3. The van der Waals surface area contributed by atoms with E-state index < -0.39 is 21.6 Å². The zero-order valence-electron chi connectivity index (χ0n) is 15.7. The van der Waals surface area contributed by atoms with E-state index >= 15 is 0 Å². The average Bonchev–Trinajstić information content (AvgIpc) is 2.68. The minimum Gasteiger partial charge on any atom is -0.317 e. The Kier molecular flexibility index (Phi) is 6.99. The van der Waals surface area contributed by atoms with Gasteiger partial charge in [-0.3, -0.25) is 0 Å². The zero-order valence-corrected chi connectivity index (χ0v) is 18.1. The summed E-state index contributed by atoms with van der Waals surface area (Å²) in [6, 6.07) is 7.42. The Balaban J connectivity index is 1.97. The molecule has 0 amide bonds. The predicted molar refractivity (Wildman–Crippen MR) is 114 cm³/mol. The van der Waals surface area contributed by atoms with E-state index in [0.717, 1.165) is 32.0 Å². The Morgan fingerprint density at radius 1 is 1.17 bits per heavy atom. The normalized spacial score (nSPS) is 15.6. The molecule has 0 bridgehead atoms. The summed E-state index contributed by atoms with van der Waals surface area (Å²) in [5.41, 5.74) is -1.13. The van der Waals surface area contributed by atoms with Gasteiger partial charge < -0.3 is 5.32 Å². The number of nitrogens with zero attached hydrogens (tertiary/aromatic N) is 1. The minimum atomic E-state index is -4.69. The molecule has 2 aromatic rings. The van der Waals surface area contributed by atoms with Crippen LogP contribution < -0.4 is 5.32 Å². The number of aliphatic imine (C=N–C) groups is 1. The van der Waals surface area contributed by atoms with Gasteiger partial charge in [-0.05, 0) is 73.9 Å². The van der Waals surface area contributed by atoms with Crippen LogP contribution in [0.3, 0.4) is 0 Å². The van der Waals surface area contributed by atoms with E-state index in [9.17, 15) is 21.6 Å². The van der Waals surface area contributed by atoms with Gasteiger partial charge in [0.05, 0.1) is 32.1 Å². The maximum atomic E-state index is 13.6. The largest absolute Gasteiger partial charge is 0.417 e. The number of nitrogens with one attached hydrogen (secondary N) is 1. The molecule has 0 radical (unpaired) electrons. The molecule has 1 fully saturated rings. The fourth-order valence-electron chi connectivity index (χ4n) is 3.51. The fourth-order valence-corrected chi connectivity index (χ4v) is 5.64. The molecule has 0 unspecified atom stereocenters. The van der Waals surface area contributed by atoms with E-state index in [1.54, 1.807) is 0 Å². The lowest BCUT2D eigenvalue weighted by molar-refractivity contribution is -0.137. The monoisotopic (exact) mass is 474 g/mol. The van der Waals surface area contributed by atoms with Crippen LogP contribution in [0.4, 0.5) is 18.9 Å². The summed E-state index contributed by atoms with van der Waals surface area (Å²) in [5, 5.41) is 5.04. The number of thiocarbonyl (C=S) groups is 1. The van der Waals surface area contributed by atoms with Crippen LogP contribution in [0.5, 0.6) is 0 Å². The Hall–Kier alpha value is -1.77. The summed E-state index contributed by atoms with van der Waals surface area (Å²) in [6.07, 6.45) is -3.14. The number of hydrogen-bond donors (Lipinski definition) is 1. The molecule has 1 aliphatic rings. The highest BCUT2D eigenvalue weighted by atomic mass is 35.5. The van der Waals surface area contributed by atoms with Gasteiger partial charge >= 0.3 is 6.18 Å². The van der Waals surface area contributed by atoms with Gasteiger partial charge in [0, 0.05) is 5.56 Å². The van der Waals surface area contributed by atoms with Gasteiger partial charge in [-0.1, -0.05) is 23.7 Å². The quantitative estimate of drug-likeness (QED) is 0.457. The smallest absolute Gasteiger partial charge is 0.317 e. The van der Waals surface area contributed by atoms with Crippen molar-refractivity contribution >= 4 is 44.5 Å². The number of rotatable bonds is 5. The summed E-state index contributed by atoms with van der Waals surface area (Å²) in [5.74, 6) is 0.0869. The van der Waals surface area contributed by atoms with E-state index in [2.05, 4.69) is 22.5 Å². The number of sulfone groups is 1. The van der Waals surface area contributed by atoms with Crippen LogP contribution in [-0.2, 0) is 16.0 Å². The molecule has 160 valence electrons. The molecule has 4 nitrogen and oxygen atoms in total. The molecule has 0 spiro atoms. The van der Waals surface area contributed by atoms with E-state index in [1.807, 2.05) is 5.16 Å². The highest BCUT2D eigenvalue weighted by Crippen LogP contribution is 2.43. The first-order valence-corrected chi connectivity index (χ1v) is 11.6. The summed E-state index contributed by atoms with van der Waals surface area (Å²) < 4.78 is 66.3. The molecular formula is C20H18ClF3N2O2S2. The van der Waals surface area contributed by atoms with Gasteiger partial charge in [0.15, 0.2) is 9.84 Å². The van der Waals surface area contributed by atoms with Crippen LogP contribution >= 0.6 is 23.8 Å². The lowest BCUT2D eigenvalue weighted by Crippen LogP contribution is -2.31. The van der Waals surface area contributed by atoms with Gasteiger partial charge in [-0.2, -0.15) is 18.2 Å². The minimum absolute atomic E-state index is 0.0207. The number of halogens is 4. The maximum absolute atomic E-state index is 13.6. The number of benzene rings is 2. The van der Waals surface area contributed by atoms with Crippen LogP contribution in [0.1, 0.15) is 18.4 Å². The van der Waals surface area contributed by atoms with Crippen LogP contribution in [0.25, 0.3) is 11.1 Å². The van der Waals surface area contributed by atoms with Crippen molar-refractivity contribution in [2.75, 3.05) is 18.8 Å². The number of piperidine rings is 1. The lowest BCUT2D eigenvalue weighted by Gasteiger charge is -2.22. The van der Waals surface area contributed by atoms with Crippen molar-refractivity contribution in [3.05, 3.63) is 47.0 Å². The predicted octanol–water partition coefficient (Wildman–Crippen LogP) is 5.53. The summed E-state index contributed by atoms with van der Waals surface area (Å²) in [4.78, 5) is 3.65. The Bertz CT molecular complexity index is 1070. The van der Waals surface area contributed by atoms with Crippen LogP contribution in [0, 0.1) is 5.92 Å². The first-order valence-electron chi connectivity index (χ1n) is 9.14. The standard InChI is InChI=1S/C20H18ClF3N2O2S2/c21-18-10-15(26-12-29)9-17(20(22,23)24)19(18)14-1-3-16(4-2-14)30(27,28)11-13-5-7-25-8-6-13/h1-4,9-10,13,25H,5-8,11H2. The molecule has 2 aromatic carbocycles. The van der Waals surface area contributed by atoms with Gasteiger partial charge in [0.25, 0.3) is 0 Å². The second-order valence-corrected chi connectivity index (χ2v) is 9.67. The van der Waals surface area contributed by atoms with Gasteiger partial charge in [0.2, 0.25) is 0 Å². The van der Waals surface area contributed by atoms with Crippen LogP contribution in [-0.4, -0.2) is 32.4 Å². The van der Waals surface area contributed by atoms with Gasteiger partial charge in [-0.15, -0.1) is 0 Å². The molecule has 0 aliphatic carbocycles. The van der Waals surface area contributed by atoms with Crippen molar-refractivity contribution in [2.45, 2.75) is 23.9 Å². The Labute approximate surface area is 183 Å². The Morgan fingerprint density at radius 2 is 1.80 bits per heavy atom. The third kappa shape index (κ3) is 5.28. The second-order valence-electron chi connectivity index (χ2n) is 7.05. The van der Waals surface area contributed by atoms with E-state index in [-0.39, 0.29) is 38.4 Å². The summed E-state index contributed by atoms with van der Waals surface area (Å²) in [7, 11) is -3.54. The van der Waals surface area contributed by atoms with Crippen molar-refractivity contribution in [2.24, 2.45) is 10.9 Å². The SMILES string of the molecule is O=S(=O)(CC1CCNCC1)c1ccc(-c2c(Cl)cc(N=C=S)cc2C(F)(F)F)cc1. The van der Waals surface area contributed by atoms with Crippen molar-refractivity contribution < 1.29 is 21.6 Å². The molecule has 3 rings (SSSR count). The molecule has 0 atom stereocenters. The summed E-state index contributed by atoms with van der Waals surface area (Å²) in [6.45, 7) is 1.56. The fraction of sp³-hybridized carbons (Fsp3) is 0.350. The Morgan fingerprint density at radius 3 is 2.37 bits per heavy atom. The third-order valence-corrected chi connectivity index (χ3v) is 7.26. The molecule has 0 aromatic heterocycles. The molecular weight excluding hydrogens is 457 g/mol. The maximum Gasteiger partial charge on any atom is 0.417 e. The number of hydrogen-bond acceptors (Lipinski definition) is 5. The van der Waals surface area contributed by atoms with Crippen molar-refractivity contribution in [3.63, 3.8) is 0 Å². The molecule has 1 N–H and O–H groups in total. The van der Waals surface area contributed by atoms with Crippen LogP contribution in [0.15, 0.2) is 46.3 Å². The molecule has 30 heavy (non-hydrogen) atoms. The van der Waals surface area contributed by atoms with E-state index in [0.29, 0.717) is 0 Å². The molecule has 1 heterocycles. The third-order valence-electron chi connectivity index (χ3n) is 4.97. The first kappa shape index (κ1) is 22.9. The highest BCUT2D eigenvalue weighted by molar-refractivity contribution is 7.91. The van der Waals surface area contributed by atoms with E-state index in [1.165, 1.54) is 30.3 Å². The van der Waals surface area contributed by atoms with Gasteiger partial charge in [0.1, 0.15) is 0 Å². The first-order chi connectivity index (χ1) is 14.1. The zero-order chi connectivity index (χ0) is 21.9. The highest BCUT2D eigenvalue weighted by Gasteiger charge is 2.35. The lowest BCUT2D eigenvalue weighted by atomic mass is 9.98. The van der Waals surface area contributed by atoms with Crippen molar-refractivity contribution in [1.82, 2.24) is 5.32 Å². The average molecular weight is 475 g/mol. The van der Waals surface area contributed by atoms with Gasteiger partial charge in [-0.25, -0.2) is 8.42 Å². The molecule has 0 saturated carbocycles. The van der Waals surface area contributed by atoms with E-state index in [4.69, 9.17) is 11.6 Å². The second kappa shape index (κ2) is 9.16. The molecule has 1 saturated heterocycles. The van der Waals surface area contributed by atoms with Crippen molar-refractivity contribution in [1.29, 1.82) is 0 Å². The summed E-state index contributed by atoms with van der Waals surface area (Å²) >= 11 is 10.6.